The van der Waals surface area contributed by atoms with Crippen molar-refractivity contribution in [1.29, 1.82) is 0 Å². The quantitative estimate of drug-likeness (QED) is 0.455. The number of aryl methyl sites for hydroxylation is 4. The van der Waals surface area contributed by atoms with Gasteiger partial charge in [0.25, 0.3) is 0 Å². The zero-order valence-corrected chi connectivity index (χ0v) is 24.5. The van der Waals surface area contributed by atoms with Crippen molar-refractivity contribution in [1.82, 2.24) is 14.1 Å². The first kappa shape index (κ1) is 27.1. The first-order valence-electron chi connectivity index (χ1n) is 13.3. The summed E-state index contributed by atoms with van der Waals surface area (Å²) in [7, 11) is -3.66. The second-order valence-corrected chi connectivity index (χ2v) is 13.6. The largest absolute Gasteiger partial charge is 0.339 e. The van der Waals surface area contributed by atoms with Crippen LogP contribution in [0.25, 0.3) is 0 Å². The van der Waals surface area contributed by atoms with E-state index in [1.54, 1.807) is 15.6 Å². The van der Waals surface area contributed by atoms with Gasteiger partial charge in [-0.3, -0.25) is 9.69 Å². The molecule has 0 radical (unpaired) electrons. The van der Waals surface area contributed by atoms with Crippen LogP contribution in [-0.4, -0.2) is 67.2 Å². The lowest BCUT2D eigenvalue weighted by Crippen LogP contribution is -2.57. The summed E-state index contributed by atoms with van der Waals surface area (Å²) in [6, 6.07) is 14.2. The average molecular weight is 552 g/mol. The molecule has 0 saturated carbocycles. The summed E-state index contributed by atoms with van der Waals surface area (Å²) in [5.41, 5.74) is 6.37. The Kier molecular flexibility index (Phi) is 7.52. The van der Waals surface area contributed by atoms with E-state index in [1.807, 2.05) is 44.7 Å². The average Bonchev–Trinajstić information content (AvgIpc) is 3.32. The maximum atomic E-state index is 13.7. The van der Waals surface area contributed by atoms with Gasteiger partial charge < -0.3 is 4.90 Å². The number of nitrogens with zero attached hydrogens (tertiary/aromatic N) is 3. The molecule has 1 amide bonds. The number of rotatable bonds is 5. The Bertz CT molecular complexity index is 1440. The maximum absolute atomic E-state index is 13.7. The number of benzene rings is 2. The van der Waals surface area contributed by atoms with Crippen molar-refractivity contribution in [2.45, 2.75) is 58.0 Å². The zero-order chi connectivity index (χ0) is 27.2. The molecule has 6 nitrogen and oxygen atoms in total. The van der Waals surface area contributed by atoms with Crippen molar-refractivity contribution in [3.05, 3.63) is 86.1 Å². The van der Waals surface area contributed by atoms with E-state index in [9.17, 15) is 13.2 Å². The number of thiophene rings is 1. The zero-order valence-electron chi connectivity index (χ0n) is 22.9. The van der Waals surface area contributed by atoms with Gasteiger partial charge in [-0.1, -0.05) is 42.0 Å². The van der Waals surface area contributed by atoms with Gasteiger partial charge in [0.2, 0.25) is 15.9 Å². The van der Waals surface area contributed by atoms with Crippen molar-refractivity contribution >= 4 is 27.3 Å². The Morgan fingerprint density at radius 3 is 2.34 bits per heavy atom. The molecule has 38 heavy (non-hydrogen) atoms. The van der Waals surface area contributed by atoms with Gasteiger partial charge in [0.05, 0.1) is 17.5 Å². The number of fused-ring (bicyclic) bond motifs is 1. The van der Waals surface area contributed by atoms with E-state index in [4.69, 9.17) is 0 Å². The monoisotopic (exact) mass is 551 g/mol. The van der Waals surface area contributed by atoms with E-state index in [1.165, 1.54) is 21.6 Å². The first-order valence-corrected chi connectivity index (χ1v) is 15.6. The summed E-state index contributed by atoms with van der Waals surface area (Å²) in [5.74, 6) is 0.0638. The van der Waals surface area contributed by atoms with Crippen LogP contribution >= 0.6 is 11.3 Å². The van der Waals surface area contributed by atoms with Gasteiger partial charge in [-0.2, -0.15) is 4.31 Å². The molecule has 1 fully saturated rings. The van der Waals surface area contributed by atoms with Crippen LogP contribution in [0.2, 0.25) is 0 Å². The van der Waals surface area contributed by atoms with Crippen LogP contribution in [-0.2, 0) is 21.2 Å². The van der Waals surface area contributed by atoms with Crippen LogP contribution < -0.4 is 0 Å². The predicted molar refractivity (Wildman–Crippen MR) is 153 cm³/mol. The highest BCUT2D eigenvalue weighted by molar-refractivity contribution is 7.89. The van der Waals surface area contributed by atoms with E-state index in [2.05, 4.69) is 47.5 Å². The fraction of sp³-hybridized carbons (Fsp3) is 0.433. The Morgan fingerprint density at radius 1 is 0.947 bits per heavy atom. The van der Waals surface area contributed by atoms with Gasteiger partial charge in [-0.15, -0.1) is 11.3 Å². The van der Waals surface area contributed by atoms with E-state index in [0.717, 1.165) is 29.7 Å². The lowest BCUT2D eigenvalue weighted by Gasteiger charge is -2.41. The smallest absolute Gasteiger partial charge is 0.243 e. The van der Waals surface area contributed by atoms with E-state index in [-0.39, 0.29) is 18.0 Å². The Labute approximate surface area is 230 Å². The minimum Gasteiger partial charge on any atom is -0.339 e. The number of carbonyl (C=O) groups is 1. The number of piperazine rings is 1. The lowest BCUT2D eigenvalue weighted by atomic mass is 9.90. The summed E-state index contributed by atoms with van der Waals surface area (Å²) in [4.78, 5) is 19.6. The van der Waals surface area contributed by atoms with Crippen molar-refractivity contribution in [3.63, 3.8) is 0 Å². The molecule has 0 N–H and O–H groups in total. The van der Waals surface area contributed by atoms with Crippen molar-refractivity contribution in [2.24, 2.45) is 0 Å². The molecule has 2 aliphatic rings. The molecule has 1 saturated heterocycles. The first-order chi connectivity index (χ1) is 18.1. The minimum atomic E-state index is -3.66. The molecule has 5 rings (SSSR count). The summed E-state index contributed by atoms with van der Waals surface area (Å²) >= 11 is 1.80. The molecule has 3 aromatic rings. The van der Waals surface area contributed by atoms with Gasteiger partial charge in [-0.05, 0) is 80.3 Å². The molecule has 2 atom stereocenters. The van der Waals surface area contributed by atoms with E-state index in [0.29, 0.717) is 31.1 Å². The highest BCUT2D eigenvalue weighted by Gasteiger charge is 2.38. The fourth-order valence-electron chi connectivity index (χ4n) is 6.29. The van der Waals surface area contributed by atoms with Crippen molar-refractivity contribution < 1.29 is 13.2 Å². The number of hydrogen-bond donors (Lipinski definition) is 0. The summed E-state index contributed by atoms with van der Waals surface area (Å²) in [6.07, 6.45) is 0.945. The highest BCUT2D eigenvalue weighted by atomic mass is 32.2. The predicted octanol–water partition coefficient (Wildman–Crippen LogP) is 4.85. The molecule has 202 valence electrons. The van der Waals surface area contributed by atoms with Gasteiger partial charge in [-0.25, -0.2) is 8.42 Å². The summed E-state index contributed by atoms with van der Waals surface area (Å²) < 4.78 is 28.9. The van der Waals surface area contributed by atoms with Crippen molar-refractivity contribution in [3.8, 4) is 0 Å². The minimum absolute atomic E-state index is 0.0572. The molecule has 2 aliphatic heterocycles. The molecular weight excluding hydrogens is 514 g/mol. The SMILES string of the molecule is Cc1cc(C)c(S(=O)(=O)N2CCN(C(=O)CN3CCc4sccc4[C@H]3c3ccccc3C)C[C@H]2C)c(C)c1. The van der Waals surface area contributed by atoms with Crippen LogP contribution in [0, 0.1) is 27.7 Å². The third-order valence-corrected chi connectivity index (χ3v) is 11.3. The third-order valence-electron chi connectivity index (χ3n) is 7.98. The molecule has 1 aromatic heterocycles. The van der Waals surface area contributed by atoms with Gasteiger partial charge >= 0.3 is 0 Å². The Hall–Kier alpha value is -2.52. The molecule has 0 aliphatic carbocycles. The highest BCUT2D eigenvalue weighted by Crippen LogP contribution is 2.39. The van der Waals surface area contributed by atoms with Crippen LogP contribution in [0.1, 0.15) is 51.2 Å². The van der Waals surface area contributed by atoms with E-state index < -0.39 is 10.0 Å². The normalized spacial score (nSPS) is 20.9. The fourth-order valence-corrected chi connectivity index (χ4v) is 9.22. The number of amides is 1. The van der Waals surface area contributed by atoms with Gasteiger partial charge in [0.15, 0.2) is 0 Å². The molecule has 0 bridgehead atoms. The standard InChI is InChI=1S/C30H37N3O3S2/c1-20-16-22(3)30(23(4)17-20)38(35,36)33-14-13-31(18-24(33)5)28(34)19-32-12-10-27-26(11-15-37-27)29(32)25-9-7-6-8-21(25)2/h6-9,11,15-17,24,29H,10,12-14,18-19H2,1-5H3/t24-,29-/m1/s1. The number of hydrogen-bond acceptors (Lipinski definition) is 5. The second-order valence-electron chi connectivity index (χ2n) is 10.8. The van der Waals surface area contributed by atoms with Crippen LogP contribution in [0.3, 0.4) is 0 Å². The van der Waals surface area contributed by atoms with Crippen LogP contribution in [0.5, 0.6) is 0 Å². The second kappa shape index (κ2) is 10.6. The van der Waals surface area contributed by atoms with Gasteiger partial charge in [0, 0.05) is 37.1 Å². The summed E-state index contributed by atoms with van der Waals surface area (Å²) in [6.45, 7) is 12.0. The van der Waals surface area contributed by atoms with Crippen LogP contribution in [0.15, 0.2) is 52.7 Å². The Morgan fingerprint density at radius 2 is 1.66 bits per heavy atom. The third kappa shape index (κ3) is 4.95. The lowest BCUT2D eigenvalue weighted by molar-refractivity contribution is -0.135. The molecule has 3 heterocycles. The number of sulfonamides is 1. The number of carbonyl (C=O) groups excluding carboxylic acids is 1. The van der Waals surface area contributed by atoms with E-state index >= 15 is 0 Å². The van der Waals surface area contributed by atoms with Gasteiger partial charge in [0.1, 0.15) is 0 Å². The topological polar surface area (TPSA) is 60.9 Å². The molecule has 0 spiro atoms. The molecule has 2 aromatic carbocycles. The van der Waals surface area contributed by atoms with Crippen LogP contribution in [0.4, 0.5) is 0 Å². The van der Waals surface area contributed by atoms with Crippen molar-refractivity contribution in [2.75, 3.05) is 32.7 Å². The summed E-state index contributed by atoms with van der Waals surface area (Å²) in [5, 5.41) is 2.15. The molecular formula is C30H37N3O3S2. The Balaban J connectivity index is 1.33. The molecule has 8 heteroatoms. The molecule has 0 unspecified atom stereocenters. The maximum Gasteiger partial charge on any atom is 0.243 e.